The third-order valence-electron chi connectivity index (χ3n) is 1.91. The molecule has 0 heterocycles. The molecule has 2 heteroatoms. The Balaban J connectivity index is 2.83. The van der Waals surface area contributed by atoms with Crippen molar-refractivity contribution in [3.63, 3.8) is 0 Å². The quantitative estimate of drug-likeness (QED) is 0.649. The van der Waals surface area contributed by atoms with E-state index in [1.807, 2.05) is 32.3 Å². The number of nitrogens with zero attached hydrogens (tertiary/aromatic N) is 1. The Morgan fingerprint density at radius 2 is 1.85 bits per heavy atom. The summed E-state index contributed by atoms with van der Waals surface area (Å²) >= 11 is 0. The van der Waals surface area contributed by atoms with Gasteiger partial charge in [-0.15, -0.1) is 0 Å². The van der Waals surface area contributed by atoms with E-state index in [-0.39, 0.29) is 0 Å². The summed E-state index contributed by atoms with van der Waals surface area (Å²) in [6.07, 6.45) is 1.47. The second kappa shape index (κ2) is 4.77. The topological polar surface area (TPSA) is 20.3 Å². The molecule has 1 aromatic rings. The molecule has 0 saturated heterocycles. The van der Waals surface area contributed by atoms with Crippen molar-refractivity contribution < 1.29 is 4.79 Å². The minimum atomic E-state index is 0.518. The number of benzene rings is 1. The number of hydrogen-bond donors (Lipinski definition) is 0. The lowest BCUT2D eigenvalue weighted by Crippen LogP contribution is -2.12. The molecule has 0 spiro atoms. The van der Waals surface area contributed by atoms with Gasteiger partial charge in [0.25, 0.3) is 0 Å². The molecule has 0 amide bonds. The summed E-state index contributed by atoms with van der Waals surface area (Å²) in [6, 6.07) is 8.05. The molecule has 0 N–H and O–H groups in total. The molecule has 0 unspecified atom stereocenters. The molecular weight excluding hydrogens is 162 g/mol. The summed E-state index contributed by atoms with van der Waals surface area (Å²) in [5.41, 5.74) is 2.37. The summed E-state index contributed by atoms with van der Waals surface area (Å²) in [7, 11) is 4.05. The molecule has 13 heavy (non-hydrogen) atoms. The first-order valence-corrected chi connectivity index (χ1v) is 4.39. The van der Waals surface area contributed by atoms with E-state index in [0.717, 1.165) is 18.4 Å². The normalized spacial score (nSPS) is 10.4. The first-order valence-electron chi connectivity index (χ1n) is 4.39. The second-order valence-corrected chi connectivity index (χ2v) is 3.38. The Kier molecular flexibility index (Phi) is 3.65. The van der Waals surface area contributed by atoms with Gasteiger partial charge in [-0.05, 0) is 25.2 Å². The molecule has 0 atom stereocenters. The zero-order chi connectivity index (χ0) is 9.68. The van der Waals surface area contributed by atoms with Crippen molar-refractivity contribution in [2.45, 2.75) is 13.0 Å². The number of hydrogen-bond acceptors (Lipinski definition) is 2. The van der Waals surface area contributed by atoms with Crippen LogP contribution in [-0.4, -0.2) is 25.3 Å². The standard InChI is InChI=1S/C11H15NO/c1-12(2)9-11-6-4-3-5-10(11)7-8-13/h3-6,8H,7,9H2,1-2H3. The largest absolute Gasteiger partial charge is 0.305 e. The molecule has 0 radical (unpaired) electrons. The Labute approximate surface area is 79.2 Å². The fourth-order valence-corrected chi connectivity index (χ4v) is 1.34. The summed E-state index contributed by atoms with van der Waals surface area (Å²) in [5.74, 6) is 0. The highest BCUT2D eigenvalue weighted by atomic mass is 16.1. The summed E-state index contributed by atoms with van der Waals surface area (Å²) in [4.78, 5) is 12.5. The number of carbonyl (C=O) groups excluding carboxylic acids is 1. The predicted molar refractivity (Wildman–Crippen MR) is 53.6 cm³/mol. The van der Waals surface area contributed by atoms with E-state index in [1.165, 1.54) is 5.56 Å². The highest BCUT2D eigenvalue weighted by Crippen LogP contribution is 2.10. The van der Waals surface area contributed by atoms with Crippen LogP contribution in [0, 0.1) is 0 Å². The van der Waals surface area contributed by atoms with Gasteiger partial charge >= 0.3 is 0 Å². The lowest BCUT2D eigenvalue weighted by atomic mass is 10.1. The fourth-order valence-electron chi connectivity index (χ4n) is 1.34. The van der Waals surface area contributed by atoms with Crippen LogP contribution in [0.25, 0.3) is 0 Å². The lowest BCUT2D eigenvalue weighted by molar-refractivity contribution is -0.107. The van der Waals surface area contributed by atoms with Gasteiger partial charge in [-0.2, -0.15) is 0 Å². The lowest BCUT2D eigenvalue weighted by Gasteiger charge is -2.12. The van der Waals surface area contributed by atoms with Gasteiger partial charge in [-0.25, -0.2) is 0 Å². The van der Waals surface area contributed by atoms with E-state index in [9.17, 15) is 4.79 Å². The first-order chi connectivity index (χ1) is 6.24. The number of aldehydes is 1. The van der Waals surface area contributed by atoms with E-state index in [4.69, 9.17) is 0 Å². The van der Waals surface area contributed by atoms with Crippen LogP contribution in [0.3, 0.4) is 0 Å². The highest BCUT2D eigenvalue weighted by molar-refractivity contribution is 5.56. The Bertz CT molecular complexity index is 281. The maximum atomic E-state index is 10.4. The van der Waals surface area contributed by atoms with Gasteiger partial charge in [0.15, 0.2) is 0 Å². The van der Waals surface area contributed by atoms with Crippen LogP contribution in [0.4, 0.5) is 0 Å². The summed E-state index contributed by atoms with van der Waals surface area (Å²) in [5, 5.41) is 0. The van der Waals surface area contributed by atoms with Gasteiger partial charge in [-0.3, -0.25) is 0 Å². The van der Waals surface area contributed by atoms with E-state index in [1.54, 1.807) is 0 Å². The molecule has 1 aromatic carbocycles. The molecule has 70 valence electrons. The van der Waals surface area contributed by atoms with Crippen LogP contribution >= 0.6 is 0 Å². The molecule has 0 fully saturated rings. The van der Waals surface area contributed by atoms with Crippen LogP contribution in [0.1, 0.15) is 11.1 Å². The molecule has 1 rings (SSSR count). The van der Waals surface area contributed by atoms with Crippen molar-refractivity contribution in [1.29, 1.82) is 0 Å². The van der Waals surface area contributed by atoms with Gasteiger partial charge in [0.05, 0.1) is 0 Å². The molecular formula is C11H15NO. The minimum absolute atomic E-state index is 0.518. The van der Waals surface area contributed by atoms with Crippen LogP contribution in [0.2, 0.25) is 0 Å². The summed E-state index contributed by atoms with van der Waals surface area (Å²) in [6.45, 7) is 0.893. The van der Waals surface area contributed by atoms with E-state index < -0.39 is 0 Å². The van der Waals surface area contributed by atoms with E-state index in [2.05, 4.69) is 11.0 Å². The van der Waals surface area contributed by atoms with Crippen molar-refractivity contribution in [3.05, 3.63) is 35.4 Å². The van der Waals surface area contributed by atoms with Gasteiger partial charge in [0.1, 0.15) is 6.29 Å². The van der Waals surface area contributed by atoms with Crippen LogP contribution in [0.5, 0.6) is 0 Å². The smallest absolute Gasteiger partial charge is 0.124 e. The maximum absolute atomic E-state index is 10.4. The Hall–Kier alpha value is -1.15. The number of carbonyl (C=O) groups is 1. The molecule has 0 aliphatic carbocycles. The highest BCUT2D eigenvalue weighted by Gasteiger charge is 2.01. The Morgan fingerprint density at radius 1 is 1.23 bits per heavy atom. The van der Waals surface area contributed by atoms with Gasteiger partial charge in [-0.1, -0.05) is 24.3 Å². The maximum Gasteiger partial charge on any atom is 0.124 e. The Morgan fingerprint density at radius 3 is 2.38 bits per heavy atom. The van der Waals surface area contributed by atoms with Crippen LogP contribution in [0.15, 0.2) is 24.3 Å². The predicted octanol–water partition coefficient (Wildman–Crippen LogP) is 1.49. The average Bonchev–Trinajstić information content (AvgIpc) is 2.08. The van der Waals surface area contributed by atoms with E-state index >= 15 is 0 Å². The zero-order valence-corrected chi connectivity index (χ0v) is 8.16. The molecule has 0 bridgehead atoms. The second-order valence-electron chi connectivity index (χ2n) is 3.38. The van der Waals surface area contributed by atoms with Crippen molar-refractivity contribution >= 4 is 6.29 Å². The third kappa shape index (κ3) is 2.99. The van der Waals surface area contributed by atoms with E-state index in [0.29, 0.717) is 6.42 Å². The number of rotatable bonds is 4. The van der Waals surface area contributed by atoms with Crippen molar-refractivity contribution in [2.24, 2.45) is 0 Å². The van der Waals surface area contributed by atoms with Crippen LogP contribution < -0.4 is 0 Å². The average molecular weight is 177 g/mol. The molecule has 2 nitrogen and oxygen atoms in total. The van der Waals surface area contributed by atoms with Crippen LogP contribution in [-0.2, 0) is 17.8 Å². The fraction of sp³-hybridized carbons (Fsp3) is 0.364. The molecule has 0 saturated carbocycles. The zero-order valence-electron chi connectivity index (χ0n) is 8.16. The van der Waals surface area contributed by atoms with Gasteiger partial charge < -0.3 is 9.69 Å². The van der Waals surface area contributed by atoms with Crippen molar-refractivity contribution in [3.8, 4) is 0 Å². The third-order valence-corrected chi connectivity index (χ3v) is 1.91. The molecule has 0 aliphatic rings. The summed E-state index contributed by atoms with van der Waals surface area (Å²) < 4.78 is 0. The SMILES string of the molecule is CN(C)Cc1ccccc1CC=O. The molecule has 0 aromatic heterocycles. The minimum Gasteiger partial charge on any atom is -0.305 e. The van der Waals surface area contributed by atoms with Crippen molar-refractivity contribution in [1.82, 2.24) is 4.90 Å². The monoisotopic (exact) mass is 177 g/mol. The molecule has 0 aliphatic heterocycles. The van der Waals surface area contributed by atoms with Gasteiger partial charge in [0, 0.05) is 13.0 Å². The van der Waals surface area contributed by atoms with Gasteiger partial charge in [0.2, 0.25) is 0 Å². The first kappa shape index (κ1) is 9.93. The van der Waals surface area contributed by atoms with Crippen molar-refractivity contribution in [2.75, 3.05) is 14.1 Å².